The Balaban J connectivity index is 1.46. The number of benzene rings is 3. The lowest BCUT2D eigenvalue weighted by molar-refractivity contribution is -0.137. The van der Waals surface area contributed by atoms with Gasteiger partial charge in [-0.2, -0.15) is 0 Å². The number of carbonyl (C=O) groups excluding carboxylic acids is 1. The first kappa shape index (κ1) is 26.3. The van der Waals surface area contributed by atoms with Crippen molar-refractivity contribution >= 4 is 19.7 Å². The van der Waals surface area contributed by atoms with Gasteiger partial charge in [0, 0.05) is 29.5 Å². The summed E-state index contributed by atoms with van der Waals surface area (Å²) in [5.74, 6) is -0.0846. The van der Waals surface area contributed by atoms with Crippen LogP contribution in [0, 0.1) is 0 Å². The predicted molar refractivity (Wildman–Crippen MR) is 144 cm³/mol. The van der Waals surface area contributed by atoms with Gasteiger partial charge in [0.15, 0.2) is 0 Å². The summed E-state index contributed by atoms with van der Waals surface area (Å²) in [7, 11) is 8.34. The molecule has 1 N–H and O–H groups in total. The third kappa shape index (κ3) is 6.94. The third-order valence-electron chi connectivity index (χ3n) is 6.54. The number of rotatable bonds is 13. The monoisotopic (exact) mass is 497 g/mol. The van der Waals surface area contributed by atoms with Gasteiger partial charge < -0.3 is 19.5 Å². The molecule has 0 bridgehead atoms. The number of carbonyl (C=O) groups is 2. The van der Waals surface area contributed by atoms with Gasteiger partial charge in [-0.3, -0.25) is 9.59 Å². The van der Waals surface area contributed by atoms with E-state index in [1.807, 2.05) is 72.8 Å². The van der Waals surface area contributed by atoms with E-state index in [0.717, 1.165) is 48.1 Å². The average Bonchev–Trinajstić information content (AvgIpc) is 3.76. The van der Waals surface area contributed by atoms with Gasteiger partial charge in [0.2, 0.25) is 0 Å². The molecule has 4 rings (SSSR count). The molecule has 0 aromatic heterocycles. The van der Waals surface area contributed by atoms with Crippen molar-refractivity contribution < 1.29 is 24.2 Å². The number of ether oxygens (including phenoxy) is 2. The van der Waals surface area contributed by atoms with E-state index in [2.05, 4.69) is 0 Å². The maximum Gasteiger partial charge on any atom is 0.303 e. The van der Waals surface area contributed by atoms with Gasteiger partial charge in [-0.25, -0.2) is 0 Å². The fraction of sp³-hybridized carbons (Fsp3) is 0.333. The van der Waals surface area contributed by atoms with E-state index in [1.54, 1.807) is 12.0 Å². The predicted octanol–water partition coefficient (Wildman–Crippen LogP) is 5.86. The molecule has 1 aliphatic rings. The summed E-state index contributed by atoms with van der Waals surface area (Å²) in [4.78, 5) is 26.1. The quantitative estimate of drug-likeness (QED) is 0.237. The molecule has 2 radical (unpaired) electrons. The van der Waals surface area contributed by atoms with Crippen LogP contribution >= 0.6 is 0 Å². The average molecular weight is 497 g/mol. The molecular formula is C30H32BNO5. The summed E-state index contributed by atoms with van der Waals surface area (Å²) in [6, 6.07) is 23.0. The number of hydrogen-bond acceptors (Lipinski definition) is 4. The maximum absolute atomic E-state index is 13.6. The number of methoxy groups -OCH3 is 1. The topological polar surface area (TPSA) is 76.1 Å². The Morgan fingerprint density at radius 2 is 1.73 bits per heavy atom. The highest BCUT2D eigenvalue weighted by molar-refractivity contribution is 6.14. The minimum Gasteiger partial charge on any atom is -0.497 e. The van der Waals surface area contributed by atoms with Gasteiger partial charge in [0.25, 0.3) is 5.91 Å². The molecule has 7 heteroatoms. The largest absolute Gasteiger partial charge is 0.497 e. The lowest BCUT2D eigenvalue weighted by Crippen LogP contribution is -2.37. The Morgan fingerprint density at radius 3 is 2.43 bits per heavy atom. The molecule has 3 aromatic carbocycles. The SMILES string of the molecule is [B]C(c1ccccc1OCCCCCC(=O)O)N(C(=O)c1ccc(-c2cccc(OC)c2)cc1)C1CC1. The Hall–Kier alpha value is -3.74. The summed E-state index contributed by atoms with van der Waals surface area (Å²) < 4.78 is 11.3. The number of amides is 1. The number of carboxylic acids is 1. The summed E-state index contributed by atoms with van der Waals surface area (Å²) in [6.07, 6.45) is 4.17. The molecule has 1 amide bonds. The Kier molecular flexibility index (Phi) is 8.88. The van der Waals surface area contributed by atoms with Crippen LogP contribution in [0.4, 0.5) is 0 Å². The highest BCUT2D eigenvalue weighted by Crippen LogP contribution is 2.37. The fourth-order valence-corrected chi connectivity index (χ4v) is 4.37. The number of aliphatic carboxylic acids is 1. The van der Waals surface area contributed by atoms with E-state index in [9.17, 15) is 9.59 Å². The first-order valence-corrected chi connectivity index (χ1v) is 12.7. The molecule has 1 aliphatic carbocycles. The van der Waals surface area contributed by atoms with Crippen LogP contribution in [0.1, 0.15) is 60.4 Å². The van der Waals surface area contributed by atoms with Gasteiger partial charge in [0.05, 0.1) is 13.7 Å². The van der Waals surface area contributed by atoms with Gasteiger partial charge in [-0.05, 0) is 73.6 Å². The van der Waals surface area contributed by atoms with E-state index in [4.69, 9.17) is 22.4 Å². The summed E-state index contributed by atoms with van der Waals surface area (Å²) in [6.45, 7) is 0.465. The summed E-state index contributed by atoms with van der Waals surface area (Å²) >= 11 is 0. The van der Waals surface area contributed by atoms with Crippen molar-refractivity contribution in [2.75, 3.05) is 13.7 Å². The van der Waals surface area contributed by atoms with Crippen molar-refractivity contribution in [2.24, 2.45) is 0 Å². The zero-order chi connectivity index (χ0) is 26.2. The molecule has 190 valence electrons. The molecule has 0 saturated heterocycles. The van der Waals surface area contributed by atoms with Crippen LogP contribution < -0.4 is 9.47 Å². The normalized spacial score (nSPS) is 13.5. The molecule has 1 unspecified atom stereocenters. The van der Waals surface area contributed by atoms with Gasteiger partial charge in [-0.1, -0.05) is 42.5 Å². The zero-order valence-corrected chi connectivity index (χ0v) is 21.1. The van der Waals surface area contributed by atoms with Gasteiger partial charge >= 0.3 is 5.97 Å². The van der Waals surface area contributed by atoms with E-state index in [0.29, 0.717) is 24.3 Å². The summed E-state index contributed by atoms with van der Waals surface area (Å²) in [5.41, 5.74) is 3.37. The van der Waals surface area contributed by atoms with Crippen LogP contribution in [-0.4, -0.2) is 49.5 Å². The molecule has 1 saturated carbocycles. The number of para-hydroxylation sites is 1. The molecular weight excluding hydrogens is 465 g/mol. The summed E-state index contributed by atoms with van der Waals surface area (Å²) in [5, 5.41) is 8.78. The highest BCUT2D eigenvalue weighted by Gasteiger charge is 2.37. The molecule has 3 aromatic rings. The van der Waals surface area contributed by atoms with Gasteiger partial charge in [0.1, 0.15) is 19.3 Å². The van der Waals surface area contributed by atoms with Crippen LogP contribution in [-0.2, 0) is 4.79 Å². The standard InChI is InChI=1S/C30H32BNO5/c1-36-25-9-7-8-23(20-25)21-13-15-22(16-14-21)30(35)32(24-17-18-24)29(31)26-10-4-5-11-27(26)37-19-6-2-3-12-28(33)34/h4-5,7-11,13-16,20,24,29H,2-3,6,12,17-19H2,1H3,(H,33,34). The van der Waals surface area contributed by atoms with Crippen LogP contribution in [0.2, 0.25) is 0 Å². The van der Waals surface area contributed by atoms with E-state index < -0.39 is 11.9 Å². The molecule has 0 aliphatic heterocycles. The zero-order valence-electron chi connectivity index (χ0n) is 21.1. The van der Waals surface area contributed by atoms with Crippen molar-refractivity contribution in [3.8, 4) is 22.6 Å². The van der Waals surface area contributed by atoms with Gasteiger partial charge in [-0.15, -0.1) is 0 Å². The number of unbranched alkanes of at least 4 members (excludes halogenated alkanes) is 2. The minimum atomic E-state index is -0.781. The van der Waals surface area contributed by atoms with E-state index >= 15 is 0 Å². The van der Waals surface area contributed by atoms with Crippen molar-refractivity contribution in [2.45, 2.75) is 50.5 Å². The molecule has 37 heavy (non-hydrogen) atoms. The molecule has 1 atom stereocenters. The number of nitrogens with zero attached hydrogens (tertiary/aromatic N) is 1. The number of carboxylic acid groups (broad SMARTS) is 1. The lowest BCUT2D eigenvalue weighted by Gasteiger charge is -2.31. The second-order valence-electron chi connectivity index (χ2n) is 9.29. The highest BCUT2D eigenvalue weighted by atomic mass is 16.5. The molecule has 0 spiro atoms. The first-order chi connectivity index (χ1) is 18.0. The molecule has 6 nitrogen and oxygen atoms in total. The molecule has 1 fully saturated rings. The molecule has 0 heterocycles. The lowest BCUT2D eigenvalue weighted by atomic mass is 9.86. The van der Waals surface area contributed by atoms with Crippen molar-refractivity contribution in [1.29, 1.82) is 0 Å². The van der Waals surface area contributed by atoms with Crippen LogP contribution in [0.25, 0.3) is 11.1 Å². The van der Waals surface area contributed by atoms with Crippen LogP contribution in [0.5, 0.6) is 11.5 Å². The Morgan fingerprint density at radius 1 is 0.973 bits per heavy atom. The van der Waals surface area contributed by atoms with E-state index in [-0.39, 0.29) is 18.4 Å². The van der Waals surface area contributed by atoms with Crippen molar-refractivity contribution in [3.05, 3.63) is 83.9 Å². The number of hydrogen-bond donors (Lipinski definition) is 1. The van der Waals surface area contributed by atoms with Crippen molar-refractivity contribution in [1.82, 2.24) is 4.90 Å². The first-order valence-electron chi connectivity index (χ1n) is 12.7. The van der Waals surface area contributed by atoms with Crippen molar-refractivity contribution in [3.63, 3.8) is 0 Å². The van der Waals surface area contributed by atoms with Crippen LogP contribution in [0.3, 0.4) is 0 Å². The van der Waals surface area contributed by atoms with Crippen LogP contribution in [0.15, 0.2) is 72.8 Å². The third-order valence-corrected chi connectivity index (χ3v) is 6.54. The Labute approximate surface area is 219 Å². The smallest absolute Gasteiger partial charge is 0.303 e. The maximum atomic E-state index is 13.6. The Bertz CT molecular complexity index is 1210. The minimum absolute atomic E-state index is 0.101. The van der Waals surface area contributed by atoms with E-state index in [1.165, 1.54) is 0 Å². The fourth-order valence-electron chi connectivity index (χ4n) is 4.37. The second kappa shape index (κ2) is 12.5. The second-order valence-corrected chi connectivity index (χ2v) is 9.29.